The summed E-state index contributed by atoms with van der Waals surface area (Å²) in [6.07, 6.45) is 1.16. The van der Waals surface area contributed by atoms with Gasteiger partial charge in [-0.25, -0.2) is 4.98 Å². The maximum atomic E-state index is 10.8. The van der Waals surface area contributed by atoms with Crippen molar-refractivity contribution in [1.82, 2.24) is 4.98 Å². The van der Waals surface area contributed by atoms with E-state index in [-0.39, 0.29) is 11.4 Å². The van der Waals surface area contributed by atoms with Crippen LogP contribution >= 0.6 is 0 Å². The van der Waals surface area contributed by atoms with Crippen molar-refractivity contribution in [2.45, 2.75) is 0 Å². The third kappa shape index (κ3) is 3.88. The number of nitro benzene ring substituents is 1. The Morgan fingerprint density at radius 3 is 2.32 bits per heavy atom. The Morgan fingerprint density at radius 2 is 1.68 bits per heavy atom. The van der Waals surface area contributed by atoms with Gasteiger partial charge in [0.1, 0.15) is 17.7 Å². The van der Waals surface area contributed by atoms with E-state index in [9.17, 15) is 20.2 Å². The van der Waals surface area contributed by atoms with E-state index in [0.717, 1.165) is 6.20 Å². The first kappa shape index (κ1) is 15.2. The summed E-state index contributed by atoms with van der Waals surface area (Å²) in [4.78, 5) is 24.3. The van der Waals surface area contributed by atoms with Gasteiger partial charge in [-0.1, -0.05) is 12.1 Å². The highest BCUT2D eigenvalue weighted by molar-refractivity contribution is 5.61. The lowest BCUT2D eigenvalue weighted by Gasteiger charge is -2.08. The molecule has 0 bridgehead atoms. The highest BCUT2D eigenvalue weighted by Crippen LogP contribution is 2.22. The normalized spacial score (nSPS) is 10.0. The maximum Gasteiger partial charge on any atom is 0.292 e. The van der Waals surface area contributed by atoms with Gasteiger partial charge in [0, 0.05) is 25.2 Å². The van der Waals surface area contributed by atoms with Crippen molar-refractivity contribution in [3.05, 3.63) is 62.8 Å². The molecule has 0 aliphatic carbocycles. The number of pyridine rings is 1. The highest BCUT2D eigenvalue weighted by atomic mass is 16.6. The van der Waals surface area contributed by atoms with E-state index in [1.54, 1.807) is 18.2 Å². The van der Waals surface area contributed by atoms with E-state index in [0.29, 0.717) is 24.6 Å². The zero-order valence-corrected chi connectivity index (χ0v) is 11.4. The van der Waals surface area contributed by atoms with Crippen molar-refractivity contribution in [2.24, 2.45) is 0 Å². The van der Waals surface area contributed by atoms with E-state index in [1.807, 2.05) is 0 Å². The smallest absolute Gasteiger partial charge is 0.292 e. The zero-order valence-electron chi connectivity index (χ0n) is 11.4. The molecule has 2 rings (SSSR count). The van der Waals surface area contributed by atoms with Crippen LogP contribution in [0.5, 0.6) is 0 Å². The van der Waals surface area contributed by atoms with Crippen LogP contribution in [-0.2, 0) is 0 Å². The molecule has 0 radical (unpaired) electrons. The standard InChI is InChI=1S/C13H13N5O4/c19-17(20)10-5-6-13(16-9-10)15-8-7-14-11-3-1-2-4-12(11)18(21)22/h1-6,9,14H,7-8H2,(H,15,16). The second-order valence-electron chi connectivity index (χ2n) is 4.29. The first-order chi connectivity index (χ1) is 10.6. The lowest BCUT2D eigenvalue weighted by molar-refractivity contribution is -0.385. The van der Waals surface area contributed by atoms with Crippen LogP contribution < -0.4 is 10.6 Å². The van der Waals surface area contributed by atoms with Crippen LogP contribution in [0.3, 0.4) is 0 Å². The fourth-order valence-electron chi connectivity index (χ4n) is 1.77. The quantitative estimate of drug-likeness (QED) is 0.457. The molecule has 0 atom stereocenters. The Morgan fingerprint density at radius 1 is 0.955 bits per heavy atom. The molecule has 0 spiro atoms. The molecule has 0 aliphatic rings. The van der Waals surface area contributed by atoms with Crippen molar-refractivity contribution in [1.29, 1.82) is 0 Å². The molecule has 2 N–H and O–H groups in total. The van der Waals surface area contributed by atoms with Gasteiger partial charge >= 0.3 is 0 Å². The topological polar surface area (TPSA) is 123 Å². The fraction of sp³-hybridized carbons (Fsp3) is 0.154. The molecule has 22 heavy (non-hydrogen) atoms. The molecule has 9 heteroatoms. The summed E-state index contributed by atoms with van der Waals surface area (Å²) < 4.78 is 0. The third-order valence-corrected chi connectivity index (χ3v) is 2.81. The van der Waals surface area contributed by atoms with E-state index >= 15 is 0 Å². The molecule has 0 amide bonds. The predicted octanol–water partition coefficient (Wildman–Crippen LogP) is 2.42. The summed E-state index contributed by atoms with van der Waals surface area (Å²) in [7, 11) is 0. The number of nitro groups is 2. The van der Waals surface area contributed by atoms with Gasteiger partial charge in [-0.15, -0.1) is 0 Å². The van der Waals surface area contributed by atoms with Gasteiger partial charge in [-0.05, 0) is 12.1 Å². The molecule has 0 saturated carbocycles. The molecule has 1 aromatic carbocycles. The van der Waals surface area contributed by atoms with Crippen LogP contribution in [-0.4, -0.2) is 27.9 Å². The van der Waals surface area contributed by atoms with Gasteiger partial charge in [0.05, 0.1) is 9.85 Å². The van der Waals surface area contributed by atoms with Gasteiger partial charge in [0.15, 0.2) is 0 Å². The fourth-order valence-corrected chi connectivity index (χ4v) is 1.77. The van der Waals surface area contributed by atoms with Crippen molar-refractivity contribution >= 4 is 22.9 Å². The Balaban J connectivity index is 1.85. The molecule has 9 nitrogen and oxygen atoms in total. The Hall–Kier alpha value is -3.23. The van der Waals surface area contributed by atoms with Crippen LogP contribution in [0, 0.1) is 20.2 Å². The van der Waals surface area contributed by atoms with Crippen LogP contribution in [0.25, 0.3) is 0 Å². The van der Waals surface area contributed by atoms with Gasteiger partial charge in [-0.3, -0.25) is 20.2 Å². The van der Waals surface area contributed by atoms with E-state index < -0.39 is 9.85 Å². The minimum atomic E-state index is -0.521. The second kappa shape index (κ2) is 6.97. The summed E-state index contributed by atoms with van der Waals surface area (Å²) in [6, 6.07) is 9.22. The Bertz CT molecular complexity index is 674. The highest BCUT2D eigenvalue weighted by Gasteiger charge is 2.11. The lowest BCUT2D eigenvalue weighted by atomic mass is 10.2. The molecule has 2 aromatic rings. The number of nitrogens with zero attached hydrogens (tertiary/aromatic N) is 3. The number of benzene rings is 1. The van der Waals surface area contributed by atoms with Crippen LogP contribution in [0.4, 0.5) is 22.9 Å². The average molecular weight is 303 g/mol. The molecule has 0 saturated heterocycles. The van der Waals surface area contributed by atoms with Crippen molar-refractivity contribution < 1.29 is 9.85 Å². The first-order valence-electron chi connectivity index (χ1n) is 6.39. The average Bonchev–Trinajstić information content (AvgIpc) is 2.52. The number of hydrogen-bond acceptors (Lipinski definition) is 7. The molecule has 0 fully saturated rings. The van der Waals surface area contributed by atoms with Crippen LogP contribution in [0.1, 0.15) is 0 Å². The van der Waals surface area contributed by atoms with E-state index in [2.05, 4.69) is 15.6 Å². The van der Waals surface area contributed by atoms with Gasteiger partial charge in [0.2, 0.25) is 0 Å². The molecule has 1 aromatic heterocycles. The van der Waals surface area contributed by atoms with Crippen molar-refractivity contribution in [3.63, 3.8) is 0 Å². The molecule has 0 unspecified atom stereocenters. The molecule has 1 heterocycles. The molecular formula is C13H13N5O4. The summed E-state index contributed by atoms with van der Waals surface area (Å²) in [5, 5.41) is 27.3. The summed E-state index contributed by atoms with van der Waals surface area (Å²) in [5.74, 6) is 0.495. The maximum absolute atomic E-state index is 10.8. The lowest BCUT2D eigenvalue weighted by Crippen LogP contribution is -2.15. The van der Waals surface area contributed by atoms with E-state index in [4.69, 9.17) is 0 Å². The van der Waals surface area contributed by atoms with Crippen molar-refractivity contribution in [2.75, 3.05) is 23.7 Å². The monoisotopic (exact) mass is 303 g/mol. The molecule has 114 valence electrons. The minimum Gasteiger partial charge on any atom is -0.378 e. The van der Waals surface area contributed by atoms with Gasteiger partial charge in [-0.2, -0.15) is 0 Å². The number of rotatable bonds is 7. The molecular weight excluding hydrogens is 290 g/mol. The number of nitrogens with one attached hydrogen (secondary N) is 2. The third-order valence-electron chi connectivity index (χ3n) is 2.81. The minimum absolute atomic E-state index is 0.0101. The van der Waals surface area contributed by atoms with Crippen LogP contribution in [0.2, 0.25) is 0 Å². The number of hydrogen-bond donors (Lipinski definition) is 2. The van der Waals surface area contributed by atoms with Gasteiger partial charge in [0.25, 0.3) is 11.4 Å². The molecule has 0 aliphatic heterocycles. The SMILES string of the molecule is O=[N+]([O-])c1ccc(NCCNc2ccccc2[N+](=O)[O-])nc1. The second-order valence-corrected chi connectivity index (χ2v) is 4.29. The van der Waals surface area contributed by atoms with E-state index in [1.165, 1.54) is 18.2 Å². The van der Waals surface area contributed by atoms with Gasteiger partial charge < -0.3 is 10.6 Å². The zero-order chi connectivity index (χ0) is 15.9. The summed E-state index contributed by atoms with van der Waals surface area (Å²) in [6.45, 7) is 0.889. The number of aromatic nitrogens is 1. The number of para-hydroxylation sites is 2. The summed E-state index contributed by atoms with van der Waals surface area (Å²) >= 11 is 0. The Labute approximate surface area is 125 Å². The first-order valence-corrected chi connectivity index (χ1v) is 6.39. The number of anilines is 2. The van der Waals surface area contributed by atoms with Crippen molar-refractivity contribution in [3.8, 4) is 0 Å². The predicted molar refractivity (Wildman–Crippen MR) is 81.0 cm³/mol. The summed E-state index contributed by atoms with van der Waals surface area (Å²) in [5.41, 5.74) is 0.366. The largest absolute Gasteiger partial charge is 0.378 e. The van der Waals surface area contributed by atoms with Crippen LogP contribution in [0.15, 0.2) is 42.6 Å². The Kier molecular flexibility index (Phi) is 4.81.